The minimum atomic E-state index is 0.0741. The lowest BCUT2D eigenvalue weighted by Crippen LogP contribution is -2.05. The summed E-state index contributed by atoms with van der Waals surface area (Å²) in [6.45, 7) is 2.07. The fourth-order valence-corrected chi connectivity index (χ4v) is 2.05. The smallest absolute Gasteiger partial charge is 0.260 e. The zero-order valence-electron chi connectivity index (χ0n) is 7.69. The van der Waals surface area contributed by atoms with E-state index in [-0.39, 0.29) is 5.56 Å². The molecule has 2 rings (SSSR count). The van der Waals surface area contributed by atoms with Crippen LogP contribution in [0.5, 0.6) is 0 Å². The molecule has 0 saturated heterocycles. The first-order valence-electron chi connectivity index (χ1n) is 3.96. The van der Waals surface area contributed by atoms with E-state index in [1.807, 2.05) is 0 Å². The van der Waals surface area contributed by atoms with E-state index in [1.165, 1.54) is 29.4 Å². The van der Waals surface area contributed by atoms with Crippen molar-refractivity contribution in [2.45, 2.75) is 13.3 Å². The molecule has 0 aliphatic carbocycles. The van der Waals surface area contributed by atoms with Gasteiger partial charge < -0.3 is 0 Å². The minimum absolute atomic E-state index is 0.0741. The van der Waals surface area contributed by atoms with Gasteiger partial charge in [0.15, 0.2) is 0 Å². The third kappa shape index (κ3) is 3.78. The van der Waals surface area contributed by atoms with Crippen LogP contribution in [0.3, 0.4) is 0 Å². The fourth-order valence-electron chi connectivity index (χ4n) is 0.732. The van der Waals surface area contributed by atoms with E-state index >= 15 is 0 Å². The third-order valence-electron chi connectivity index (χ3n) is 1.52. The molecule has 2 heterocycles. The van der Waals surface area contributed by atoms with Crippen molar-refractivity contribution in [2.24, 2.45) is 11.4 Å². The average molecular weight is 216 g/mol. The zero-order chi connectivity index (χ0) is 9.68. The Kier molecular flexibility index (Phi) is 4.24. The molecule has 0 bridgehead atoms. The topological polar surface area (TPSA) is 34.4 Å². The van der Waals surface area contributed by atoms with Gasteiger partial charge in [-0.05, 0) is 25.3 Å². The average Bonchev–Trinajstić information content (AvgIpc) is 2.67. The molecule has 0 spiro atoms. The van der Waals surface area contributed by atoms with Crippen LogP contribution in [0, 0.1) is 0 Å². The Bertz CT molecular complexity index is 340. The third-order valence-corrected chi connectivity index (χ3v) is 3.10. The summed E-state index contributed by atoms with van der Waals surface area (Å²) in [6.07, 6.45) is 1.20. The number of hydrogen-bond donors (Lipinski definition) is 0. The number of hydrogen-bond acceptors (Lipinski definition) is 4. The molecule has 1 aliphatic rings. The predicted octanol–water partition coefficient (Wildman–Crippen LogP) is 1.95. The highest BCUT2D eigenvalue weighted by atomic mass is 32.2. The van der Waals surface area contributed by atoms with Crippen molar-refractivity contribution >= 4 is 29.2 Å². The van der Waals surface area contributed by atoms with E-state index in [1.54, 1.807) is 34.4 Å². The number of aromatic nitrogens is 1. The summed E-state index contributed by atoms with van der Waals surface area (Å²) < 4.78 is 5.64. The van der Waals surface area contributed by atoms with E-state index in [4.69, 9.17) is 0 Å². The normalized spacial score (nSPS) is 14.8. The lowest BCUT2D eigenvalue weighted by atomic mass is 10.3. The van der Waals surface area contributed by atoms with Gasteiger partial charge >= 0.3 is 0 Å². The summed E-state index contributed by atoms with van der Waals surface area (Å²) in [5.41, 5.74) is 1.37. The highest BCUT2D eigenvalue weighted by Crippen LogP contribution is 2.13. The van der Waals surface area contributed by atoms with Crippen LogP contribution in [0.2, 0.25) is 0 Å². The van der Waals surface area contributed by atoms with Crippen LogP contribution in [0.1, 0.15) is 13.3 Å². The Morgan fingerprint density at radius 2 is 2.38 bits per heavy atom. The first-order valence-corrected chi connectivity index (χ1v) is 5.74. The molecule has 72 valence electrons. The lowest BCUT2D eigenvalue weighted by molar-refractivity contribution is 0.981. The van der Waals surface area contributed by atoms with Crippen molar-refractivity contribution in [3.63, 3.8) is 0 Å². The molecule has 5 heteroatoms. The van der Waals surface area contributed by atoms with Crippen LogP contribution >= 0.6 is 23.5 Å². The molecule has 0 fully saturated rings. The predicted molar refractivity (Wildman–Crippen MR) is 59.7 cm³/mol. The monoisotopic (exact) mass is 216 g/mol. The largest absolute Gasteiger partial charge is 0.268 e. The van der Waals surface area contributed by atoms with Crippen molar-refractivity contribution in [1.82, 2.24) is 3.96 Å². The maximum Gasteiger partial charge on any atom is 0.260 e. The van der Waals surface area contributed by atoms with Gasteiger partial charge in [-0.25, -0.2) is 4.40 Å². The van der Waals surface area contributed by atoms with Gasteiger partial charge in [0.2, 0.25) is 0 Å². The molecule has 0 saturated carbocycles. The molecule has 1 aromatic heterocycles. The number of nitrogens with zero attached hydrogens (tertiary/aromatic N) is 2. The molecule has 0 unspecified atom stereocenters. The van der Waals surface area contributed by atoms with Crippen LogP contribution in [-0.2, 0) is 7.05 Å². The van der Waals surface area contributed by atoms with Crippen molar-refractivity contribution in [3.8, 4) is 0 Å². The number of rotatable bonds is 0. The van der Waals surface area contributed by atoms with Gasteiger partial charge in [-0.15, -0.1) is 0 Å². The summed E-state index contributed by atoms with van der Waals surface area (Å²) in [4.78, 5) is 10.4. The fraction of sp³-hybridized carbons (Fsp3) is 0.500. The molecular weight excluding hydrogens is 204 g/mol. The second-order valence-electron chi connectivity index (χ2n) is 2.65. The Balaban J connectivity index is 0.000000132. The molecule has 3 nitrogen and oxygen atoms in total. The molecule has 0 atom stereocenters. The van der Waals surface area contributed by atoms with E-state index in [0.717, 1.165) is 0 Å². The maximum absolute atomic E-state index is 10.4. The first-order chi connectivity index (χ1) is 6.20. The quantitative estimate of drug-likeness (QED) is 0.621. The Labute approximate surface area is 85.8 Å². The van der Waals surface area contributed by atoms with Crippen LogP contribution in [-0.4, -0.2) is 15.4 Å². The minimum Gasteiger partial charge on any atom is -0.268 e. The van der Waals surface area contributed by atoms with Crippen molar-refractivity contribution in [1.29, 1.82) is 0 Å². The van der Waals surface area contributed by atoms with E-state index < -0.39 is 0 Å². The second kappa shape index (κ2) is 5.24. The van der Waals surface area contributed by atoms with Gasteiger partial charge in [0, 0.05) is 30.0 Å². The van der Waals surface area contributed by atoms with Crippen molar-refractivity contribution in [2.75, 3.05) is 5.75 Å². The van der Waals surface area contributed by atoms with Crippen LogP contribution in [0.15, 0.2) is 20.6 Å². The Morgan fingerprint density at radius 3 is 2.54 bits per heavy atom. The highest BCUT2D eigenvalue weighted by Gasteiger charge is 1.97. The van der Waals surface area contributed by atoms with Gasteiger partial charge in [0.25, 0.3) is 5.56 Å². The standard InChI is InChI=1S/C4H5NOS.C4H7NS/c1-5-4(6)2-3-7-5;1-4-2-3-6-5-4/h2-3H,1H3;2-3H2,1H3. The molecule has 0 N–H and O–H groups in total. The van der Waals surface area contributed by atoms with Crippen LogP contribution in [0.25, 0.3) is 0 Å². The molecule has 1 aliphatic heterocycles. The summed E-state index contributed by atoms with van der Waals surface area (Å²) in [5, 5.41) is 1.77. The van der Waals surface area contributed by atoms with Crippen molar-refractivity contribution in [3.05, 3.63) is 21.8 Å². The lowest BCUT2D eigenvalue weighted by Gasteiger charge is -1.76. The van der Waals surface area contributed by atoms with Crippen LogP contribution < -0.4 is 5.56 Å². The number of aryl methyl sites for hydroxylation is 1. The highest BCUT2D eigenvalue weighted by molar-refractivity contribution is 7.98. The molecule has 0 aromatic carbocycles. The second-order valence-corrected chi connectivity index (χ2v) is 4.53. The van der Waals surface area contributed by atoms with E-state index in [2.05, 4.69) is 11.3 Å². The summed E-state index contributed by atoms with van der Waals surface area (Å²) in [5.74, 6) is 1.20. The van der Waals surface area contributed by atoms with E-state index in [0.29, 0.717) is 0 Å². The molecule has 0 radical (unpaired) electrons. The first kappa shape index (κ1) is 10.5. The maximum atomic E-state index is 10.4. The van der Waals surface area contributed by atoms with Gasteiger partial charge in [-0.1, -0.05) is 11.5 Å². The molecular formula is C8H12N2OS2. The van der Waals surface area contributed by atoms with E-state index in [9.17, 15) is 4.79 Å². The SMILES string of the molecule is CC1=NSCC1.Cn1sccc1=O. The van der Waals surface area contributed by atoms with Gasteiger partial charge in [0.1, 0.15) is 0 Å². The van der Waals surface area contributed by atoms with Gasteiger partial charge in [-0.2, -0.15) is 0 Å². The molecule has 13 heavy (non-hydrogen) atoms. The van der Waals surface area contributed by atoms with Gasteiger partial charge in [-0.3, -0.25) is 8.75 Å². The van der Waals surface area contributed by atoms with Gasteiger partial charge in [0.05, 0.1) is 0 Å². The molecule has 1 aromatic rings. The van der Waals surface area contributed by atoms with Crippen molar-refractivity contribution < 1.29 is 0 Å². The van der Waals surface area contributed by atoms with Crippen LogP contribution in [0.4, 0.5) is 0 Å². The summed E-state index contributed by atoms with van der Waals surface area (Å²) in [7, 11) is 1.74. The summed E-state index contributed by atoms with van der Waals surface area (Å²) in [6, 6.07) is 1.55. The molecule has 0 amide bonds. The summed E-state index contributed by atoms with van der Waals surface area (Å²) >= 11 is 3.08. The zero-order valence-corrected chi connectivity index (χ0v) is 9.32. The Hall–Kier alpha value is -0.550. The Morgan fingerprint density at radius 1 is 1.62 bits per heavy atom.